The zero-order chi connectivity index (χ0) is 18.4. The van der Waals surface area contributed by atoms with Crippen LogP contribution in [-0.4, -0.2) is 30.9 Å². The fourth-order valence-corrected chi connectivity index (χ4v) is 2.33. The number of nitrogens with two attached hydrogens (primary N) is 1. The van der Waals surface area contributed by atoms with Crippen LogP contribution in [0.25, 0.3) is 0 Å². The summed E-state index contributed by atoms with van der Waals surface area (Å²) in [4.78, 5) is 35.6. The molecule has 0 aliphatic heterocycles. The van der Waals surface area contributed by atoms with Crippen molar-refractivity contribution in [1.29, 1.82) is 0 Å². The van der Waals surface area contributed by atoms with Gasteiger partial charge in [0.05, 0.1) is 12.7 Å². The van der Waals surface area contributed by atoms with E-state index < -0.39 is 23.8 Å². The van der Waals surface area contributed by atoms with E-state index in [1.807, 2.05) is 31.2 Å². The normalized spacial score (nSPS) is 11.4. The first-order valence-corrected chi connectivity index (χ1v) is 7.75. The van der Waals surface area contributed by atoms with Crippen molar-refractivity contribution in [2.75, 3.05) is 7.11 Å². The summed E-state index contributed by atoms with van der Waals surface area (Å²) in [7, 11) is 1.26. The Hall–Kier alpha value is -3.15. The van der Waals surface area contributed by atoms with E-state index in [0.717, 1.165) is 11.1 Å². The molecule has 0 bridgehead atoms. The largest absolute Gasteiger partial charge is 0.465 e. The van der Waals surface area contributed by atoms with Gasteiger partial charge in [0.25, 0.3) is 5.91 Å². The summed E-state index contributed by atoms with van der Waals surface area (Å²) in [6.45, 7) is 1.96. The fraction of sp³-hybridized carbons (Fsp3) is 0.211. The van der Waals surface area contributed by atoms with Crippen LogP contribution in [-0.2, 0) is 16.0 Å². The van der Waals surface area contributed by atoms with Crippen molar-refractivity contribution >= 4 is 17.8 Å². The van der Waals surface area contributed by atoms with Gasteiger partial charge in [-0.1, -0.05) is 35.9 Å². The van der Waals surface area contributed by atoms with Crippen LogP contribution in [0.1, 0.15) is 31.8 Å². The van der Waals surface area contributed by atoms with E-state index in [-0.39, 0.29) is 17.5 Å². The first-order valence-electron chi connectivity index (χ1n) is 7.75. The van der Waals surface area contributed by atoms with Gasteiger partial charge in [0.1, 0.15) is 6.04 Å². The number of hydrogen-bond donors (Lipinski definition) is 2. The van der Waals surface area contributed by atoms with E-state index >= 15 is 0 Å². The molecule has 0 heterocycles. The van der Waals surface area contributed by atoms with Gasteiger partial charge in [0.2, 0.25) is 5.91 Å². The maximum absolute atomic E-state index is 12.4. The van der Waals surface area contributed by atoms with Crippen molar-refractivity contribution in [1.82, 2.24) is 5.32 Å². The minimum atomic E-state index is -0.850. The first-order chi connectivity index (χ1) is 11.9. The average Bonchev–Trinajstić information content (AvgIpc) is 2.62. The summed E-state index contributed by atoms with van der Waals surface area (Å²) in [5.41, 5.74) is 7.90. The van der Waals surface area contributed by atoms with Gasteiger partial charge in [-0.2, -0.15) is 0 Å². The van der Waals surface area contributed by atoms with Crippen LogP contribution in [0.4, 0.5) is 0 Å². The minimum absolute atomic E-state index is 0.248. The first kappa shape index (κ1) is 18.2. The third kappa shape index (κ3) is 4.91. The molecule has 6 nitrogen and oxygen atoms in total. The average molecular weight is 340 g/mol. The second-order valence-corrected chi connectivity index (χ2v) is 5.69. The van der Waals surface area contributed by atoms with Gasteiger partial charge in [-0.25, -0.2) is 4.79 Å². The quantitative estimate of drug-likeness (QED) is 0.781. The summed E-state index contributed by atoms with van der Waals surface area (Å²) in [6, 6.07) is 12.8. The third-order valence-corrected chi connectivity index (χ3v) is 3.76. The lowest BCUT2D eigenvalue weighted by Gasteiger charge is -2.16. The number of rotatable bonds is 6. The maximum Gasteiger partial charge on any atom is 0.337 e. The Morgan fingerprint density at radius 3 is 2.32 bits per heavy atom. The van der Waals surface area contributed by atoms with Gasteiger partial charge in [0, 0.05) is 12.0 Å². The number of carbonyl (C=O) groups is 3. The molecule has 0 saturated carbocycles. The monoisotopic (exact) mass is 340 g/mol. The van der Waals surface area contributed by atoms with Crippen LogP contribution < -0.4 is 11.1 Å². The predicted molar refractivity (Wildman–Crippen MR) is 93.1 cm³/mol. The molecule has 2 rings (SSSR count). The molecule has 0 saturated heterocycles. The SMILES string of the molecule is COC(=O)c1cccc(C(=O)N[C@H](Cc2ccc(C)cc2)C(N)=O)c1. The van der Waals surface area contributed by atoms with Crippen LogP contribution in [0.2, 0.25) is 0 Å². The number of benzene rings is 2. The van der Waals surface area contributed by atoms with Gasteiger partial charge >= 0.3 is 5.97 Å². The summed E-state index contributed by atoms with van der Waals surface area (Å²) in [6.07, 6.45) is 0.290. The Kier molecular flexibility index (Phi) is 5.89. The van der Waals surface area contributed by atoms with E-state index in [1.54, 1.807) is 18.2 Å². The van der Waals surface area contributed by atoms with E-state index in [2.05, 4.69) is 10.1 Å². The van der Waals surface area contributed by atoms with Crippen molar-refractivity contribution in [2.45, 2.75) is 19.4 Å². The lowest BCUT2D eigenvalue weighted by Crippen LogP contribution is -2.45. The van der Waals surface area contributed by atoms with Crippen molar-refractivity contribution in [2.24, 2.45) is 5.73 Å². The van der Waals surface area contributed by atoms with Crippen molar-refractivity contribution in [3.8, 4) is 0 Å². The van der Waals surface area contributed by atoms with Crippen LogP contribution in [0, 0.1) is 6.92 Å². The topological polar surface area (TPSA) is 98.5 Å². The Morgan fingerprint density at radius 2 is 1.72 bits per heavy atom. The van der Waals surface area contributed by atoms with Gasteiger partial charge in [-0.3, -0.25) is 9.59 Å². The molecule has 2 amide bonds. The number of primary amides is 1. The molecule has 0 radical (unpaired) electrons. The molecule has 130 valence electrons. The zero-order valence-corrected chi connectivity index (χ0v) is 14.1. The zero-order valence-electron chi connectivity index (χ0n) is 14.1. The fourth-order valence-electron chi connectivity index (χ4n) is 2.33. The van der Waals surface area contributed by atoms with Crippen LogP contribution in [0.15, 0.2) is 48.5 Å². The number of carbonyl (C=O) groups excluding carboxylic acids is 3. The number of hydrogen-bond acceptors (Lipinski definition) is 4. The second-order valence-electron chi connectivity index (χ2n) is 5.69. The van der Waals surface area contributed by atoms with E-state index in [4.69, 9.17) is 5.73 Å². The molecule has 0 unspecified atom stereocenters. The molecular formula is C19H20N2O4. The second kappa shape index (κ2) is 8.10. The Morgan fingerprint density at radius 1 is 1.08 bits per heavy atom. The van der Waals surface area contributed by atoms with Crippen LogP contribution in [0.3, 0.4) is 0 Å². The summed E-state index contributed by atoms with van der Waals surface area (Å²) < 4.78 is 4.63. The third-order valence-electron chi connectivity index (χ3n) is 3.76. The van der Waals surface area contributed by atoms with Crippen LogP contribution in [0.5, 0.6) is 0 Å². The summed E-state index contributed by atoms with van der Waals surface area (Å²) in [5, 5.41) is 2.61. The lowest BCUT2D eigenvalue weighted by molar-refractivity contribution is -0.119. The lowest BCUT2D eigenvalue weighted by atomic mass is 10.0. The molecule has 0 aliphatic rings. The molecule has 1 atom stereocenters. The van der Waals surface area contributed by atoms with Gasteiger partial charge in [-0.05, 0) is 30.7 Å². The number of nitrogens with one attached hydrogen (secondary N) is 1. The molecule has 2 aromatic carbocycles. The van der Waals surface area contributed by atoms with Crippen molar-refractivity contribution in [3.63, 3.8) is 0 Å². The van der Waals surface area contributed by atoms with E-state index in [9.17, 15) is 14.4 Å². The highest BCUT2D eigenvalue weighted by atomic mass is 16.5. The highest BCUT2D eigenvalue weighted by Crippen LogP contribution is 2.09. The standard InChI is InChI=1S/C19H20N2O4/c1-12-6-8-13(9-7-12)10-16(17(20)22)21-18(23)14-4-3-5-15(11-14)19(24)25-2/h3-9,11,16H,10H2,1-2H3,(H2,20,22)(H,21,23)/t16-/m1/s1. The highest BCUT2D eigenvalue weighted by Gasteiger charge is 2.20. The van der Waals surface area contributed by atoms with E-state index in [1.165, 1.54) is 13.2 Å². The van der Waals surface area contributed by atoms with Gasteiger partial charge < -0.3 is 15.8 Å². The molecule has 3 N–H and O–H groups in total. The highest BCUT2D eigenvalue weighted by molar-refractivity contribution is 5.99. The molecule has 6 heteroatoms. The molecule has 0 fully saturated rings. The van der Waals surface area contributed by atoms with Gasteiger partial charge in [0.15, 0.2) is 0 Å². The smallest absolute Gasteiger partial charge is 0.337 e. The molecule has 0 spiro atoms. The summed E-state index contributed by atoms with van der Waals surface area (Å²) in [5.74, 6) is -1.65. The predicted octanol–water partition coefficient (Wildman–Crippen LogP) is 1.61. The Balaban J connectivity index is 2.13. The number of amides is 2. The number of ether oxygens (including phenoxy) is 1. The van der Waals surface area contributed by atoms with Crippen molar-refractivity contribution < 1.29 is 19.1 Å². The maximum atomic E-state index is 12.4. The number of esters is 1. The number of aryl methyl sites for hydroxylation is 1. The van der Waals surface area contributed by atoms with E-state index in [0.29, 0.717) is 0 Å². The minimum Gasteiger partial charge on any atom is -0.465 e. The number of methoxy groups -OCH3 is 1. The molecular weight excluding hydrogens is 320 g/mol. The Labute approximate surface area is 146 Å². The van der Waals surface area contributed by atoms with Crippen LogP contribution >= 0.6 is 0 Å². The Bertz CT molecular complexity index is 784. The summed E-state index contributed by atoms with van der Waals surface area (Å²) >= 11 is 0. The molecule has 0 aliphatic carbocycles. The molecule has 2 aromatic rings. The molecule has 0 aromatic heterocycles. The van der Waals surface area contributed by atoms with Gasteiger partial charge in [-0.15, -0.1) is 0 Å². The molecule has 25 heavy (non-hydrogen) atoms. The van der Waals surface area contributed by atoms with Crippen molar-refractivity contribution in [3.05, 3.63) is 70.8 Å².